The summed E-state index contributed by atoms with van der Waals surface area (Å²) < 4.78 is 2.14. The fourth-order valence-corrected chi connectivity index (χ4v) is 4.49. The lowest BCUT2D eigenvalue weighted by atomic mass is 10.1. The molecule has 2 heterocycles. The molecule has 2 amide bonds. The lowest BCUT2D eigenvalue weighted by Crippen LogP contribution is -2.46. The Hall–Kier alpha value is -3.75. The number of imidazole rings is 1. The zero-order chi connectivity index (χ0) is 23.5. The molecular formula is C24H27N5O4. The number of aromatic nitrogens is 2. The number of hydrogen-bond donors (Lipinski definition) is 1. The average molecular weight is 450 g/mol. The van der Waals surface area contributed by atoms with Crippen molar-refractivity contribution in [1.29, 1.82) is 0 Å². The third kappa shape index (κ3) is 4.57. The first kappa shape index (κ1) is 22.4. The lowest BCUT2D eigenvalue weighted by Gasteiger charge is -2.24. The van der Waals surface area contributed by atoms with E-state index in [0.29, 0.717) is 30.6 Å². The highest BCUT2D eigenvalue weighted by Gasteiger charge is 2.34. The van der Waals surface area contributed by atoms with Crippen LogP contribution in [0, 0.1) is 24.0 Å². The summed E-state index contributed by atoms with van der Waals surface area (Å²) in [5.41, 5.74) is 2.80. The second kappa shape index (κ2) is 9.40. The number of likely N-dealkylation sites (tertiary alicyclic amines) is 1. The van der Waals surface area contributed by atoms with E-state index in [2.05, 4.69) is 14.9 Å². The Bertz CT molecular complexity index is 1220. The zero-order valence-electron chi connectivity index (χ0n) is 18.8. The first-order valence-electron chi connectivity index (χ1n) is 11.1. The minimum Gasteiger partial charge on any atom is -0.354 e. The number of aryl methyl sites for hydroxylation is 3. The van der Waals surface area contributed by atoms with E-state index < -0.39 is 11.0 Å². The molecule has 3 aromatic rings. The molecule has 1 aromatic heterocycles. The molecule has 0 aliphatic carbocycles. The molecule has 33 heavy (non-hydrogen) atoms. The van der Waals surface area contributed by atoms with E-state index in [-0.39, 0.29) is 17.5 Å². The fraction of sp³-hybridized carbons (Fsp3) is 0.375. The Balaban J connectivity index is 1.35. The first-order chi connectivity index (χ1) is 15.9. The van der Waals surface area contributed by atoms with Crippen LogP contribution in [0.25, 0.3) is 11.0 Å². The Morgan fingerprint density at radius 3 is 2.76 bits per heavy atom. The summed E-state index contributed by atoms with van der Waals surface area (Å²) in [4.78, 5) is 42.5. The van der Waals surface area contributed by atoms with Crippen molar-refractivity contribution in [2.75, 3.05) is 13.1 Å². The van der Waals surface area contributed by atoms with Gasteiger partial charge in [0, 0.05) is 36.8 Å². The molecule has 1 aliphatic rings. The maximum atomic E-state index is 13.0. The molecule has 0 spiro atoms. The Morgan fingerprint density at radius 1 is 1.21 bits per heavy atom. The van der Waals surface area contributed by atoms with Gasteiger partial charge in [0.25, 0.3) is 11.6 Å². The summed E-state index contributed by atoms with van der Waals surface area (Å²) in [5, 5.41) is 14.0. The molecule has 1 saturated heterocycles. The number of fused-ring (bicyclic) bond motifs is 1. The minimum absolute atomic E-state index is 0.0248. The van der Waals surface area contributed by atoms with Gasteiger partial charge < -0.3 is 14.8 Å². The van der Waals surface area contributed by atoms with Gasteiger partial charge >= 0.3 is 0 Å². The van der Waals surface area contributed by atoms with Crippen molar-refractivity contribution >= 4 is 28.5 Å². The largest absolute Gasteiger partial charge is 0.354 e. The number of carbonyl (C=O) groups excluding carboxylic acids is 2. The third-order valence-corrected chi connectivity index (χ3v) is 6.16. The number of nitrogens with one attached hydrogen (secondary N) is 1. The van der Waals surface area contributed by atoms with Gasteiger partial charge in [-0.25, -0.2) is 4.98 Å². The second-order valence-corrected chi connectivity index (χ2v) is 8.36. The van der Waals surface area contributed by atoms with E-state index in [1.165, 1.54) is 18.2 Å². The molecule has 1 unspecified atom stereocenters. The molecule has 1 aliphatic heterocycles. The van der Waals surface area contributed by atoms with Crippen LogP contribution in [-0.2, 0) is 11.3 Å². The maximum absolute atomic E-state index is 13.0. The van der Waals surface area contributed by atoms with Crippen LogP contribution in [0.15, 0.2) is 42.5 Å². The molecule has 1 N–H and O–H groups in total. The van der Waals surface area contributed by atoms with Gasteiger partial charge in [-0.2, -0.15) is 0 Å². The quantitative estimate of drug-likeness (QED) is 0.338. The number of nitrogens with zero attached hydrogens (tertiary/aromatic N) is 4. The Kier molecular flexibility index (Phi) is 6.39. The van der Waals surface area contributed by atoms with E-state index in [1.54, 1.807) is 11.8 Å². The van der Waals surface area contributed by atoms with E-state index in [4.69, 9.17) is 0 Å². The van der Waals surface area contributed by atoms with Crippen molar-refractivity contribution in [2.45, 2.75) is 45.7 Å². The summed E-state index contributed by atoms with van der Waals surface area (Å²) in [7, 11) is 0. The number of benzene rings is 2. The topological polar surface area (TPSA) is 110 Å². The van der Waals surface area contributed by atoms with Crippen LogP contribution in [0.3, 0.4) is 0 Å². The van der Waals surface area contributed by atoms with Crippen LogP contribution in [0.1, 0.15) is 41.0 Å². The van der Waals surface area contributed by atoms with Gasteiger partial charge in [-0.1, -0.05) is 12.1 Å². The number of nitro benzene ring substituents is 1. The number of amides is 2. The SMILES string of the molecule is Cc1cc(C(=O)N2CCCC2C(=O)NCCCn2c(C)nc3ccccc32)ccc1[N+](=O)[O-]. The van der Waals surface area contributed by atoms with Crippen LogP contribution in [0.5, 0.6) is 0 Å². The number of rotatable bonds is 7. The van der Waals surface area contributed by atoms with Crippen LogP contribution in [0.4, 0.5) is 5.69 Å². The number of carbonyl (C=O) groups is 2. The fourth-order valence-electron chi connectivity index (χ4n) is 4.49. The highest BCUT2D eigenvalue weighted by molar-refractivity contribution is 5.98. The molecule has 9 nitrogen and oxygen atoms in total. The normalized spacial score (nSPS) is 15.7. The van der Waals surface area contributed by atoms with Gasteiger partial charge in [0.1, 0.15) is 11.9 Å². The van der Waals surface area contributed by atoms with Crippen molar-refractivity contribution < 1.29 is 14.5 Å². The smallest absolute Gasteiger partial charge is 0.272 e. The van der Waals surface area contributed by atoms with Crippen LogP contribution < -0.4 is 5.32 Å². The van der Waals surface area contributed by atoms with E-state index >= 15 is 0 Å². The Labute approximate surface area is 191 Å². The summed E-state index contributed by atoms with van der Waals surface area (Å²) >= 11 is 0. The third-order valence-electron chi connectivity index (χ3n) is 6.16. The molecule has 4 rings (SSSR count). The monoisotopic (exact) mass is 449 g/mol. The van der Waals surface area contributed by atoms with Crippen molar-refractivity contribution in [2.24, 2.45) is 0 Å². The average Bonchev–Trinajstić information content (AvgIpc) is 3.40. The molecular weight excluding hydrogens is 422 g/mol. The highest BCUT2D eigenvalue weighted by Crippen LogP contribution is 2.24. The number of para-hydroxylation sites is 2. The van der Waals surface area contributed by atoms with Gasteiger partial charge in [0.2, 0.25) is 5.91 Å². The maximum Gasteiger partial charge on any atom is 0.272 e. The van der Waals surface area contributed by atoms with Gasteiger partial charge in [-0.15, -0.1) is 0 Å². The van der Waals surface area contributed by atoms with Gasteiger partial charge in [0.05, 0.1) is 16.0 Å². The molecule has 0 saturated carbocycles. The molecule has 0 radical (unpaired) electrons. The van der Waals surface area contributed by atoms with Crippen LogP contribution in [-0.4, -0.2) is 50.3 Å². The standard InChI is InChI=1S/C24H27N5O4/c1-16-15-18(10-11-20(16)29(32)33)24(31)28-13-5-9-22(28)23(30)25-12-6-14-27-17(2)26-19-7-3-4-8-21(19)27/h3-4,7-8,10-11,15,22H,5-6,9,12-14H2,1-2H3,(H,25,30). The van der Waals surface area contributed by atoms with Gasteiger partial charge in [-0.05, 0) is 57.4 Å². The number of nitro groups is 1. The first-order valence-corrected chi connectivity index (χ1v) is 11.1. The van der Waals surface area contributed by atoms with Crippen molar-refractivity contribution in [3.63, 3.8) is 0 Å². The molecule has 2 aromatic carbocycles. The molecule has 0 bridgehead atoms. The van der Waals surface area contributed by atoms with E-state index in [1.807, 2.05) is 31.2 Å². The molecule has 1 fully saturated rings. The molecule has 9 heteroatoms. The highest BCUT2D eigenvalue weighted by atomic mass is 16.6. The second-order valence-electron chi connectivity index (χ2n) is 8.36. The van der Waals surface area contributed by atoms with E-state index in [9.17, 15) is 19.7 Å². The molecule has 1 atom stereocenters. The van der Waals surface area contributed by atoms with Gasteiger partial charge in [-0.3, -0.25) is 19.7 Å². The predicted molar refractivity (Wildman–Crippen MR) is 124 cm³/mol. The van der Waals surface area contributed by atoms with Crippen molar-refractivity contribution in [3.8, 4) is 0 Å². The van der Waals surface area contributed by atoms with Crippen LogP contribution >= 0.6 is 0 Å². The van der Waals surface area contributed by atoms with E-state index in [0.717, 1.165) is 36.2 Å². The summed E-state index contributed by atoms with van der Waals surface area (Å²) in [6, 6.07) is 11.8. The number of hydrogen-bond acceptors (Lipinski definition) is 5. The summed E-state index contributed by atoms with van der Waals surface area (Å²) in [5.74, 6) is 0.506. The van der Waals surface area contributed by atoms with Crippen molar-refractivity contribution in [3.05, 3.63) is 69.5 Å². The van der Waals surface area contributed by atoms with Crippen LogP contribution in [0.2, 0.25) is 0 Å². The Morgan fingerprint density at radius 2 is 2.00 bits per heavy atom. The lowest BCUT2D eigenvalue weighted by molar-refractivity contribution is -0.385. The zero-order valence-corrected chi connectivity index (χ0v) is 18.8. The molecule has 172 valence electrons. The summed E-state index contributed by atoms with van der Waals surface area (Å²) in [6.07, 6.45) is 2.10. The minimum atomic E-state index is -0.524. The van der Waals surface area contributed by atoms with Crippen molar-refractivity contribution in [1.82, 2.24) is 19.8 Å². The predicted octanol–water partition coefficient (Wildman–Crippen LogP) is 3.37. The van der Waals surface area contributed by atoms with Gasteiger partial charge in [0.15, 0.2) is 0 Å². The summed E-state index contributed by atoms with van der Waals surface area (Å²) in [6.45, 7) is 5.31.